The summed E-state index contributed by atoms with van der Waals surface area (Å²) in [6.45, 7) is 4.35. The van der Waals surface area contributed by atoms with Gasteiger partial charge in [-0.1, -0.05) is 6.07 Å². The number of hydrogen-bond donors (Lipinski definition) is 2. The molecule has 0 saturated carbocycles. The quantitative estimate of drug-likeness (QED) is 0.459. The van der Waals surface area contributed by atoms with Gasteiger partial charge in [0.1, 0.15) is 24.2 Å². The Morgan fingerprint density at radius 3 is 2.26 bits per heavy atom. The van der Waals surface area contributed by atoms with Crippen LogP contribution in [-0.4, -0.2) is 89.4 Å². The molecule has 0 aliphatic carbocycles. The van der Waals surface area contributed by atoms with Crippen molar-refractivity contribution in [3.8, 4) is 11.5 Å². The molecule has 12 heteroatoms. The lowest BCUT2D eigenvalue weighted by Gasteiger charge is -2.34. The molecule has 10 nitrogen and oxygen atoms in total. The summed E-state index contributed by atoms with van der Waals surface area (Å²) in [5.41, 5.74) is 0.374. The third-order valence-electron chi connectivity index (χ3n) is 5.15. The normalized spacial score (nSPS) is 16.7. The zero-order valence-corrected chi connectivity index (χ0v) is 20.9. The Balaban J connectivity index is 1.47. The second-order valence-electron chi connectivity index (χ2n) is 7.98. The zero-order valence-electron chi connectivity index (χ0n) is 19.3. The number of sulfonamides is 2. The summed E-state index contributed by atoms with van der Waals surface area (Å²) >= 11 is 0. The first-order valence-electron chi connectivity index (χ1n) is 10.9. The fraction of sp³-hybridized carbons (Fsp3) is 0.455. The Morgan fingerprint density at radius 1 is 0.971 bits per heavy atom. The number of piperazine rings is 1. The van der Waals surface area contributed by atoms with Crippen LogP contribution in [0, 0.1) is 0 Å². The molecule has 1 saturated heterocycles. The van der Waals surface area contributed by atoms with Crippen LogP contribution < -0.4 is 14.2 Å². The van der Waals surface area contributed by atoms with E-state index in [0.29, 0.717) is 56.5 Å². The van der Waals surface area contributed by atoms with Gasteiger partial charge < -0.3 is 14.6 Å². The Hall–Kier alpha value is -2.38. The standard InChI is InChI=1S/C22H31N3O7S2/c1-3-31-20-7-9-22(10-8-20)34(29,30)25-13-11-24(12-14-25)16-19(26)17-32-21-6-4-5-18(15-21)23-33(2,27)28/h4-10,15,19,23,26H,3,11-14,16-17H2,1-2H3/t19-/m0/s1. The molecular weight excluding hydrogens is 482 g/mol. The van der Waals surface area contributed by atoms with Crippen LogP contribution in [0.15, 0.2) is 53.4 Å². The Morgan fingerprint density at radius 2 is 1.65 bits per heavy atom. The molecule has 1 atom stereocenters. The van der Waals surface area contributed by atoms with Gasteiger partial charge in [-0.3, -0.25) is 9.62 Å². The predicted molar refractivity (Wildman–Crippen MR) is 129 cm³/mol. The first-order valence-corrected chi connectivity index (χ1v) is 14.2. The maximum Gasteiger partial charge on any atom is 0.243 e. The van der Waals surface area contributed by atoms with Gasteiger partial charge in [0, 0.05) is 38.8 Å². The van der Waals surface area contributed by atoms with Crippen LogP contribution in [0.5, 0.6) is 11.5 Å². The zero-order chi connectivity index (χ0) is 24.8. The highest BCUT2D eigenvalue weighted by Crippen LogP contribution is 2.21. The molecule has 1 heterocycles. The van der Waals surface area contributed by atoms with Crippen molar-refractivity contribution >= 4 is 25.7 Å². The van der Waals surface area contributed by atoms with Gasteiger partial charge in [-0.05, 0) is 43.3 Å². The van der Waals surface area contributed by atoms with Crippen LogP contribution in [0.25, 0.3) is 0 Å². The van der Waals surface area contributed by atoms with Crippen molar-refractivity contribution in [2.45, 2.75) is 17.9 Å². The fourth-order valence-corrected chi connectivity index (χ4v) is 5.56. The van der Waals surface area contributed by atoms with Crippen molar-refractivity contribution in [2.75, 3.05) is 56.9 Å². The molecule has 3 rings (SSSR count). The molecule has 1 aliphatic rings. The van der Waals surface area contributed by atoms with E-state index >= 15 is 0 Å². The third-order valence-corrected chi connectivity index (χ3v) is 7.67. The number of anilines is 1. The number of aliphatic hydroxyl groups is 1. The predicted octanol–water partition coefficient (Wildman–Crippen LogP) is 1.20. The van der Waals surface area contributed by atoms with E-state index in [1.165, 1.54) is 10.4 Å². The summed E-state index contributed by atoms with van der Waals surface area (Å²) in [4.78, 5) is 2.21. The molecule has 0 radical (unpaired) electrons. The van der Waals surface area contributed by atoms with Gasteiger partial charge in [0.15, 0.2) is 0 Å². The SMILES string of the molecule is CCOc1ccc(S(=O)(=O)N2CCN(C[C@H](O)COc3cccc(NS(C)(=O)=O)c3)CC2)cc1. The number of β-amino-alcohol motifs (C(OH)–C–C–N with tert-alkyl or cyclic N) is 1. The van der Waals surface area contributed by atoms with Gasteiger partial charge in [-0.2, -0.15) is 4.31 Å². The summed E-state index contributed by atoms with van der Waals surface area (Å²) in [6, 6.07) is 12.9. The molecule has 0 spiro atoms. The number of nitrogens with one attached hydrogen (secondary N) is 1. The number of ether oxygens (including phenoxy) is 2. The van der Waals surface area contributed by atoms with Crippen LogP contribution in [-0.2, 0) is 20.0 Å². The largest absolute Gasteiger partial charge is 0.494 e. The van der Waals surface area contributed by atoms with E-state index in [2.05, 4.69) is 4.72 Å². The molecule has 0 unspecified atom stereocenters. The fourth-order valence-electron chi connectivity index (χ4n) is 3.58. The molecule has 2 aromatic carbocycles. The highest BCUT2D eigenvalue weighted by atomic mass is 32.2. The minimum absolute atomic E-state index is 0.0209. The minimum atomic E-state index is -3.59. The highest BCUT2D eigenvalue weighted by molar-refractivity contribution is 7.92. The van der Waals surface area contributed by atoms with Crippen LogP contribution in [0.4, 0.5) is 5.69 Å². The van der Waals surface area contributed by atoms with Crippen molar-refractivity contribution in [1.82, 2.24) is 9.21 Å². The Labute approximate surface area is 201 Å². The Bertz CT molecular complexity index is 1150. The molecule has 0 amide bonds. The van der Waals surface area contributed by atoms with Crippen molar-refractivity contribution in [1.29, 1.82) is 0 Å². The first-order chi connectivity index (χ1) is 16.1. The molecule has 1 aliphatic heterocycles. The van der Waals surface area contributed by atoms with E-state index in [-0.39, 0.29) is 11.5 Å². The monoisotopic (exact) mass is 513 g/mol. The summed E-state index contributed by atoms with van der Waals surface area (Å²) in [7, 11) is -6.99. The number of rotatable bonds is 11. The van der Waals surface area contributed by atoms with Gasteiger partial charge in [-0.15, -0.1) is 0 Å². The summed E-state index contributed by atoms with van der Waals surface area (Å²) in [5.74, 6) is 1.06. The second-order valence-corrected chi connectivity index (χ2v) is 11.7. The van der Waals surface area contributed by atoms with Gasteiger partial charge in [0.2, 0.25) is 20.0 Å². The smallest absolute Gasteiger partial charge is 0.243 e. The van der Waals surface area contributed by atoms with Gasteiger partial charge in [-0.25, -0.2) is 16.8 Å². The number of aliphatic hydroxyl groups excluding tert-OH is 1. The van der Waals surface area contributed by atoms with E-state index in [9.17, 15) is 21.9 Å². The first kappa shape index (κ1) is 26.2. The van der Waals surface area contributed by atoms with E-state index < -0.39 is 26.2 Å². The summed E-state index contributed by atoms with van der Waals surface area (Å²) in [5, 5.41) is 10.4. The van der Waals surface area contributed by atoms with Crippen LogP contribution in [0.3, 0.4) is 0 Å². The highest BCUT2D eigenvalue weighted by Gasteiger charge is 2.29. The number of benzene rings is 2. The average Bonchev–Trinajstić information content (AvgIpc) is 2.78. The van der Waals surface area contributed by atoms with Crippen LogP contribution in [0.1, 0.15) is 6.92 Å². The van der Waals surface area contributed by atoms with Crippen molar-refractivity contribution in [3.05, 3.63) is 48.5 Å². The second kappa shape index (κ2) is 11.4. The molecule has 0 aromatic heterocycles. The minimum Gasteiger partial charge on any atom is -0.494 e. The van der Waals surface area contributed by atoms with Crippen molar-refractivity contribution in [3.63, 3.8) is 0 Å². The topological polar surface area (TPSA) is 125 Å². The van der Waals surface area contributed by atoms with E-state index in [4.69, 9.17) is 9.47 Å². The molecule has 2 aromatic rings. The van der Waals surface area contributed by atoms with E-state index in [1.807, 2.05) is 11.8 Å². The third kappa shape index (κ3) is 7.57. The Kier molecular flexibility index (Phi) is 8.77. The molecule has 34 heavy (non-hydrogen) atoms. The van der Waals surface area contributed by atoms with Crippen molar-refractivity contribution in [2.24, 2.45) is 0 Å². The molecule has 0 bridgehead atoms. The molecular formula is C22H31N3O7S2. The molecule has 2 N–H and O–H groups in total. The average molecular weight is 514 g/mol. The lowest BCUT2D eigenvalue weighted by atomic mass is 10.3. The maximum absolute atomic E-state index is 12.9. The van der Waals surface area contributed by atoms with Crippen LogP contribution in [0.2, 0.25) is 0 Å². The molecule has 188 valence electrons. The van der Waals surface area contributed by atoms with Gasteiger partial charge in [0.25, 0.3) is 0 Å². The van der Waals surface area contributed by atoms with Gasteiger partial charge >= 0.3 is 0 Å². The lowest BCUT2D eigenvalue weighted by molar-refractivity contribution is 0.0569. The van der Waals surface area contributed by atoms with Crippen LogP contribution >= 0.6 is 0 Å². The van der Waals surface area contributed by atoms with Crippen molar-refractivity contribution < 1.29 is 31.4 Å². The maximum atomic E-state index is 12.9. The molecule has 1 fully saturated rings. The van der Waals surface area contributed by atoms with E-state index in [1.54, 1.807) is 42.5 Å². The number of nitrogens with zero attached hydrogens (tertiary/aromatic N) is 2. The number of hydrogen-bond acceptors (Lipinski definition) is 8. The van der Waals surface area contributed by atoms with Gasteiger partial charge in [0.05, 0.1) is 23.4 Å². The lowest BCUT2D eigenvalue weighted by Crippen LogP contribution is -2.50. The summed E-state index contributed by atoms with van der Waals surface area (Å²) < 4.78 is 63.3. The summed E-state index contributed by atoms with van der Waals surface area (Å²) in [6.07, 6.45) is 0.272. The van der Waals surface area contributed by atoms with E-state index in [0.717, 1.165) is 6.26 Å².